The van der Waals surface area contributed by atoms with Gasteiger partial charge in [-0.05, 0) is 25.5 Å². The van der Waals surface area contributed by atoms with Crippen LogP contribution in [0.2, 0.25) is 0 Å². The third-order valence-corrected chi connectivity index (χ3v) is 2.45. The molecule has 19 heavy (non-hydrogen) atoms. The van der Waals surface area contributed by atoms with Crippen molar-refractivity contribution in [1.29, 1.82) is 0 Å². The van der Waals surface area contributed by atoms with Crippen molar-refractivity contribution in [2.45, 2.75) is 26.3 Å². The van der Waals surface area contributed by atoms with Crippen LogP contribution in [-0.4, -0.2) is 30.1 Å². The van der Waals surface area contributed by atoms with Gasteiger partial charge >= 0.3 is 12.0 Å². The van der Waals surface area contributed by atoms with E-state index in [1.807, 2.05) is 19.1 Å². The minimum Gasteiger partial charge on any atom is -0.466 e. The molecular weight excluding hydrogens is 246 g/mol. The molecule has 0 bridgehead atoms. The maximum absolute atomic E-state index is 11.6. The van der Waals surface area contributed by atoms with Crippen molar-refractivity contribution in [3.63, 3.8) is 0 Å². The zero-order valence-electron chi connectivity index (χ0n) is 11.2. The summed E-state index contributed by atoms with van der Waals surface area (Å²) in [5.74, 6) is -0.317. The van der Waals surface area contributed by atoms with Crippen LogP contribution in [0, 0.1) is 0 Å². The number of aromatic nitrogens is 1. The maximum Gasteiger partial charge on any atom is 0.315 e. The van der Waals surface area contributed by atoms with Crippen LogP contribution in [0.1, 0.15) is 31.9 Å². The fourth-order valence-corrected chi connectivity index (χ4v) is 1.47. The number of urea groups is 1. The molecular formula is C13H19N3O3. The van der Waals surface area contributed by atoms with Crippen molar-refractivity contribution in [1.82, 2.24) is 15.6 Å². The average Bonchev–Trinajstić information content (AvgIpc) is 2.40. The van der Waals surface area contributed by atoms with Crippen LogP contribution >= 0.6 is 0 Å². The standard InChI is InChI=1S/C13H19N3O3/c1-3-19-12(17)6-8-15-13(18)16-10(2)11-5-4-7-14-9-11/h4-5,7,9-10H,3,6,8H2,1-2H3,(H2,15,16,18)/t10-/m0/s1. The molecule has 0 aliphatic rings. The fraction of sp³-hybridized carbons (Fsp3) is 0.462. The molecule has 0 spiro atoms. The Morgan fingerprint density at radius 2 is 2.26 bits per heavy atom. The summed E-state index contributed by atoms with van der Waals surface area (Å²) < 4.78 is 4.76. The Balaban J connectivity index is 2.26. The van der Waals surface area contributed by atoms with Gasteiger partial charge in [0, 0.05) is 18.9 Å². The third kappa shape index (κ3) is 5.85. The highest BCUT2D eigenvalue weighted by Crippen LogP contribution is 2.08. The number of amides is 2. The summed E-state index contributed by atoms with van der Waals surface area (Å²) in [5, 5.41) is 5.36. The first kappa shape index (κ1) is 14.9. The summed E-state index contributed by atoms with van der Waals surface area (Å²) >= 11 is 0. The molecule has 6 nitrogen and oxygen atoms in total. The second kappa shape index (κ2) is 8.07. The van der Waals surface area contributed by atoms with Gasteiger partial charge in [-0.3, -0.25) is 9.78 Å². The number of ether oxygens (including phenoxy) is 1. The second-order valence-electron chi connectivity index (χ2n) is 3.96. The lowest BCUT2D eigenvalue weighted by Crippen LogP contribution is -2.38. The van der Waals surface area contributed by atoms with Gasteiger partial charge < -0.3 is 15.4 Å². The van der Waals surface area contributed by atoms with Crippen molar-refractivity contribution in [2.24, 2.45) is 0 Å². The summed E-state index contributed by atoms with van der Waals surface area (Å²) in [6.07, 6.45) is 3.54. The molecule has 0 unspecified atom stereocenters. The zero-order valence-corrected chi connectivity index (χ0v) is 11.2. The minimum atomic E-state index is -0.319. The first-order valence-electron chi connectivity index (χ1n) is 6.23. The Kier molecular flexibility index (Phi) is 6.35. The highest BCUT2D eigenvalue weighted by molar-refractivity contribution is 5.75. The first-order valence-corrected chi connectivity index (χ1v) is 6.23. The molecule has 1 rings (SSSR count). The number of nitrogens with one attached hydrogen (secondary N) is 2. The smallest absolute Gasteiger partial charge is 0.315 e. The molecule has 1 heterocycles. The predicted octanol–water partition coefficient (Wildman–Crippen LogP) is 1.39. The largest absolute Gasteiger partial charge is 0.466 e. The predicted molar refractivity (Wildman–Crippen MR) is 70.4 cm³/mol. The normalized spacial score (nSPS) is 11.5. The number of esters is 1. The van der Waals surface area contributed by atoms with E-state index in [9.17, 15) is 9.59 Å². The van der Waals surface area contributed by atoms with Crippen LogP contribution in [0.25, 0.3) is 0 Å². The van der Waals surface area contributed by atoms with E-state index in [4.69, 9.17) is 4.74 Å². The third-order valence-electron chi connectivity index (χ3n) is 2.45. The molecule has 0 fully saturated rings. The Bertz CT molecular complexity index is 409. The van der Waals surface area contributed by atoms with E-state index < -0.39 is 0 Å². The molecule has 2 N–H and O–H groups in total. The van der Waals surface area contributed by atoms with Crippen molar-refractivity contribution < 1.29 is 14.3 Å². The lowest BCUT2D eigenvalue weighted by molar-refractivity contribution is -0.142. The summed E-state index contributed by atoms with van der Waals surface area (Å²) in [6.45, 7) is 4.21. The first-order chi connectivity index (χ1) is 9.13. The van der Waals surface area contributed by atoms with Gasteiger partial charge in [0.25, 0.3) is 0 Å². The fourth-order valence-electron chi connectivity index (χ4n) is 1.47. The van der Waals surface area contributed by atoms with Crippen LogP contribution in [0.5, 0.6) is 0 Å². The van der Waals surface area contributed by atoms with Gasteiger partial charge in [-0.15, -0.1) is 0 Å². The number of hydrogen-bond donors (Lipinski definition) is 2. The second-order valence-corrected chi connectivity index (χ2v) is 3.96. The van der Waals surface area contributed by atoms with Gasteiger partial charge in [0.2, 0.25) is 0 Å². The van der Waals surface area contributed by atoms with Gasteiger partial charge in [0.05, 0.1) is 19.1 Å². The summed E-state index contributed by atoms with van der Waals surface area (Å²) in [6, 6.07) is 3.24. The molecule has 0 radical (unpaired) electrons. The van der Waals surface area contributed by atoms with Crippen LogP contribution in [-0.2, 0) is 9.53 Å². The highest BCUT2D eigenvalue weighted by Gasteiger charge is 2.09. The number of hydrogen-bond acceptors (Lipinski definition) is 4. The molecule has 0 aliphatic heterocycles. The molecule has 2 amide bonds. The Hall–Kier alpha value is -2.11. The molecule has 1 aromatic heterocycles. The van der Waals surface area contributed by atoms with Crippen LogP contribution in [0.4, 0.5) is 4.79 Å². The quantitative estimate of drug-likeness (QED) is 0.762. The Labute approximate surface area is 112 Å². The van der Waals surface area contributed by atoms with E-state index in [2.05, 4.69) is 15.6 Å². The van der Waals surface area contributed by atoms with Gasteiger partial charge in [0.15, 0.2) is 0 Å². The number of pyridine rings is 1. The summed E-state index contributed by atoms with van der Waals surface area (Å²) in [5.41, 5.74) is 0.919. The monoisotopic (exact) mass is 265 g/mol. The minimum absolute atomic E-state index is 0.142. The molecule has 0 saturated carbocycles. The van der Waals surface area contributed by atoms with Crippen molar-refractivity contribution in [3.05, 3.63) is 30.1 Å². The zero-order chi connectivity index (χ0) is 14.1. The topological polar surface area (TPSA) is 80.3 Å². The number of nitrogens with zero attached hydrogens (tertiary/aromatic N) is 1. The lowest BCUT2D eigenvalue weighted by atomic mass is 10.1. The molecule has 1 aromatic rings. The summed E-state index contributed by atoms with van der Waals surface area (Å²) in [7, 11) is 0. The average molecular weight is 265 g/mol. The van der Waals surface area contributed by atoms with Crippen LogP contribution in [0.3, 0.4) is 0 Å². The van der Waals surface area contributed by atoms with Crippen LogP contribution in [0.15, 0.2) is 24.5 Å². The molecule has 0 saturated heterocycles. The van der Waals surface area contributed by atoms with Crippen molar-refractivity contribution >= 4 is 12.0 Å². The molecule has 0 aliphatic carbocycles. The van der Waals surface area contributed by atoms with E-state index >= 15 is 0 Å². The molecule has 104 valence electrons. The molecule has 1 atom stereocenters. The maximum atomic E-state index is 11.6. The SMILES string of the molecule is CCOC(=O)CCNC(=O)N[C@@H](C)c1cccnc1. The Morgan fingerprint density at radius 3 is 2.89 bits per heavy atom. The van der Waals surface area contributed by atoms with Gasteiger partial charge in [-0.2, -0.15) is 0 Å². The van der Waals surface area contributed by atoms with E-state index in [-0.39, 0.29) is 31.0 Å². The van der Waals surface area contributed by atoms with Crippen molar-refractivity contribution in [3.8, 4) is 0 Å². The summed E-state index contributed by atoms with van der Waals surface area (Å²) in [4.78, 5) is 26.6. The van der Waals surface area contributed by atoms with Gasteiger partial charge in [-0.1, -0.05) is 6.07 Å². The van der Waals surface area contributed by atoms with E-state index in [1.54, 1.807) is 19.3 Å². The molecule has 0 aromatic carbocycles. The number of carbonyl (C=O) groups excluding carboxylic acids is 2. The van der Waals surface area contributed by atoms with Gasteiger partial charge in [-0.25, -0.2) is 4.79 Å². The lowest BCUT2D eigenvalue weighted by Gasteiger charge is -2.14. The Morgan fingerprint density at radius 1 is 1.47 bits per heavy atom. The van der Waals surface area contributed by atoms with Crippen LogP contribution < -0.4 is 10.6 Å². The highest BCUT2D eigenvalue weighted by atomic mass is 16.5. The number of carbonyl (C=O) groups is 2. The van der Waals surface area contributed by atoms with E-state index in [0.717, 1.165) is 5.56 Å². The van der Waals surface area contributed by atoms with Gasteiger partial charge in [0.1, 0.15) is 0 Å². The number of rotatable bonds is 6. The van der Waals surface area contributed by atoms with Crippen molar-refractivity contribution in [2.75, 3.05) is 13.2 Å². The molecule has 6 heteroatoms. The van der Waals surface area contributed by atoms with E-state index in [0.29, 0.717) is 6.61 Å². The van der Waals surface area contributed by atoms with E-state index in [1.165, 1.54) is 0 Å².